The number of fused-ring (bicyclic) bond motifs is 2. The third-order valence-corrected chi connectivity index (χ3v) is 20.6. The van der Waals surface area contributed by atoms with Gasteiger partial charge in [0.05, 0.1) is 0 Å². The standard InChI is InChI=1S/2C15H11.C2H4.2ClH.Zr/c2*1-2-6-12(7-3-1)15-11-10-13-8-4-5-9-14(13)15;1-2;;;/h2*1-11H;1-2H2;2*1H;/q;;;;;+2/p-2. The summed E-state index contributed by atoms with van der Waals surface area (Å²) >= 11 is -2.54. The van der Waals surface area contributed by atoms with Gasteiger partial charge in [0.15, 0.2) is 0 Å². The summed E-state index contributed by atoms with van der Waals surface area (Å²) in [7, 11) is 0. The predicted molar refractivity (Wildman–Crippen MR) is 135 cm³/mol. The van der Waals surface area contributed by atoms with Crippen LogP contribution < -0.4 is 24.8 Å². The van der Waals surface area contributed by atoms with Crippen molar-refractivity contribution < 1.29 is 45.1 Å². The number of hydrogen-bond donors (Lipinski definition) is 0. The first-order chi connectivity index (χ1) is 16.4. The monoisotopic (exact) mass is 570 g/mol. The quantitative estimate of drug-likeness (QED) is 0.353. The van der Waals surface area contributed by atoms with Crippen LogP contribution >= 0.6 is 0 Å². The van der Waals surface area contributed by atoms with E-state index >= 15 is 0 Å². The second-order valence-corrected chi connectivity index (χ2v) is 21.3. The van der Waals surface area contributed by atoms with Crippen LogP contribution in [-0.4, -0.2) is 0 Å². The molecule has 0 amide bonds. The van der Waals surface area contributed by atoms with Crippen molar-refractivity contribution in [2.75, 3.05) is 0 Å². The topological polar surface area (TPSA) is 0 Å². The summed E-state index contributed by atoms with van der Waals surface area (Å²) in [6.45, 7) is 0. The van der Waals surface area contributed by atoms with E-state index in [2.05, 4.69) is 121 Å². The van der Waals surface area contributed by atoms with Crippen molar-refractivity contribution in [3.05, 3.63) is 155 Å². The maximum absolute atomic E-state index is 2.68. The van der Waals surface area contributed by atoms with Gasteiger partial charge in [-0.3, -0.25) is 0 Å². The molecule has 2 aliphatic carbocycles. The minimum absolute atomic E-state index is 0. The molecule has 1 fully saturated rings. The molecular weight excluding hydrogens is 546 g/mol. The van der Waals surface area contributed by atoms with Crippen LogP contribution in [0.25, 0.3) is 11.1 Å². The molecule has 0 bridgehead atoms. The molecule has 0 aromatic heterocycles. The molecule has 7 rings (SSSR count). The van der Waals surface area contributed by atoms with E-state index in [1.807, 2.05) is 0 Å². The zero-order chi connectivity index (χ0) is 21.8. The molecule has 0 saturated carbocycles. The van der Waals surface area contributed by atoms with Gasteiger partial charge in [-0.1, -0.05) is 0 Å². The second-order valence-electron chi connectivity index (χ2n) is 9.76. The SMILES string of the molecule is C1=C(c2ccccc2)c2ccccc2[CH]1[Zr+2]1([CH]2C=C(c3ccccc3)c3ccccc32)[CH2][CH2]1.[Cl-].[Cl-]. The van der Waals surface area contributed by atoms with Crippen LogP contribution in [0.1, 0.15) is 40.6 Å². The van der Waals surface area contributed by atoms with Crippen molar-refractivity contribution in [2.45, 2.75) is 15.5 Å². The average Bonchev–Trinajstić information content (AvgIpc) is 3.44. The zero-order valence-electron chi connectivity index (χ0n) is 19.4. The van der Waals surface area contributed by atoms with Crippen molar-refractivity contribution in [1.29, 1.82) is 0 Å². The third-order valence-electron chi connectivity index (χ3n) is 8.07. The van der Waals surface area contributed by atoms with Gasteiger partial charge in [-0.05, 0) is 0 Å². The van der Waals surface area contributed by atoms with Crippen molar-refractivity contribution in [1.82, 2.24) is 0 Å². The predicted octanol–water partition coefficient (Wildman–Crippen LogP) is 2.37. The van der Waals surface area contributed by atoms with Gasteiger partial charge in [-0.15, -0.1) is 0 Å². The minimum atomic E-state index is -2.54. The molecule has 0 spiro atoms. The summed E-state index contributed by atoms with van der Waals surface area (Å²) in [4.78, 5) is 0. The van der Waals surface area contributed by atoms with Crippen molar-refractivity contribution in [2.24, 2.45) is 0 Å². The van der Waals surface area contributed by atoms with Crippen molar-refractivity contribution in [3.8, 4) is 0 Å². The number of rotatable bonds is 4. The largest absolute Gasteiger partial charge is 1.00 e. The van der Waals surface area contributed by atoms with E-state index in [1.165, 1.54) is 41.7 Å². The fourth-order valence-corrected chi connectivity index (χ4v) is 22.0. The number of allylic oxidation sites excluding steroid dienone is 2. The van der Waals surface area contributed by atoms with Crippen LogP contribution in [0.3, 0.4) is 0 Å². The molecule has 1 heterocycles. The maximum Gasteiger partial charge on any atom is -1.00 e. The Bertz CT molecular complexity index is 1310. The molecule has 0 nitrogen and oxygen atoms in total. The average molecular weight is 573 g/mol. The molecule has 35 heavy (non-hydrogen) atoms. The van der Waals surface area contributed by atoms with Crippen molar-refractivity contribution in [3.63, 3.8) is 0 Å². The van der Waals surface area contributed by atoms with Crippen LogP contribution in [0.5, 0.6) is 0 Å². The Hall–Kier alpha value is -2.18. The molecule has 4 aromatic rings. The molecule has 0 N–H and O–H groups in total. The normalized spacial score (nSPS) is 19.5. The van der Waals surface area contributed by atoms with Crippen LogP contribution in [0.2, 0.25) is 8.26 Å². The van der Waals surface area contributed by atoms with Crippen LogP contribution in [0.15, 0.2) is 121 Å². The smallest absolute Gasteiger partial charge is 1.00 e. The molecule has 2 unspecified atom stereocenters. The van der Waals surface area contributed by atoms with Gasteiger partial charge in [-0.25, -0.2) is 0 Å². The van der Waals surface area contributed by atoms with Gasteiger partial charge in [0, 0.05) is 0 Å². The van der Waals surface area contributed by atoms with E-state index in [4.69, 9.17) is 0 Å². The van der Waals surface area contributed by atoms with E-state index in [0.29, 0.717) is 7.25 Å². The van der Waals surface area contributed by atoms with E-state index < -0.39 is 20.3 Å². The summed E-state index contributed by atoms with van der Waals surface area (Å²) in [5, 5.41) is 0. The first-order valence-corrected chi connectivity index (χ1v) is 18.4. The Labute approximate surface area is 225 Å². The third kappa shape index (κ3) is 3.93. The summed E-state index contributed by atoms with van der Waals surface area (Å²) in [5.41, 5.74) is 11.8. The minimum Gasteiger partial charge on any atom is -1.00 e. The van der Waals surface area contributed by atoms with Gasteiger partial charge in [-0.2, -0.15) is 0 Å². The molecule has 2 atom stereocenters. The molecule has 3 aliphatic rings. The fourth-order valence-electron chi connectivity index (χ4n) is 6.37. The maximum atomic E-state index is 2.68. The first kappa shape index (κ1) is 24.5. The Morgan fingerprint density at radius 2 is 0.829 bits per heavy atom. The van der Waals surface area contributed by atoms with Gasteiger partial charge in [0.25, 0.3) is 0 Å². The Kier molecular flexibility index (Phi) is 6.80. The number of benzene rings is 4. The van der Waals surface area contributed by atoms with Crippen LogP contribution in [-0.2, 0) is 20.3 Å². The van der Waals surface area contributed by atoms with Crippen LogP contribution in [0.4, 0.5) is 0 Å². The van der Waals surface area contributed by atoms with Gasteiger partial charge >= 0.3 is 202 Å². The summed E-state index contributed by atoms with van der Waals surface area (Å²) < 4.78 is 4.30. The van der Waals surface area contributed by atoms with Crippen LogP contribution in [0, 0.1) is 0 Å². The van der Waals surface area contributed by atoms with E-state index in [9.17, 15) is 0 Å². The second kappa shape index (κ2) is 9.70. The van der Waals surface area contributed by atoms with Gasteiger partial charge in [0.1, 0.15) is 0 Å². The molecule has 1 aliphatic heterocycles. The Morgan fingerprint density at radius 3 is 1.23 bits per heavy atom. The van der Waals surface area contributed by atoms with Gasteiger partial charge < -0.3 is 24.8 Å². The first-order valence-electron chi connectivity index (χ1n) is 12.1. The van der Waals surface area contributed by atoms with Gasteiger partial charge in [0.2, 0.25) is 0 Å². The molecular formula is C32H26Cl2Zr. The number of halogens is 2. The Morgan fingerprint density at radius 1 is 0.457 bits per heavy atom. The number of hydrogen-bond acceptors (Lipinski definition) is 0. The zero-order valence-corrected chi connectivity index (χ0v) is 23.3. The van der Waals surface area contributed by atoms with Crippen molar-refractivity contribution >= 4 is 11.1 Å². The molecule has 0 radical (unpaired) electrons. The molecule has 3 heteroatoms. The molecule has 172 valence electrons. The fraction of sp³-hybridized carbons (Fsp3) is 0.125. The molecule has 1 saturated heterocycles. The van der Waals surface area contributed by atoms with E-state index in [-0.39, 0.29) is 24.8 Å². The molecule has 4 aromatic carbocycles. The Balaban J connectivity index is 0.00000127. The summed E-state index contributed by atoms with van der Waals surface area (Å²) in [6.07, 6.45) is 5.36. The summed E-state index contributed by atoms with van der Waals surface area (Å²) in [5.74, 6) is 0. The van der Waals surface area contributed by atoms with E-state index in [0.717, 1.165) is 0 Å². The van der Waals surface area contributed by atoms with E-state index in [1.54, 1.807) is 11.1 Å². The summed E-state index contributed by atoms with van der Waals surface area (Å²) in [6, 6.07) is 40.5.